The summed E-state index contributed by atoms with van der Waals surface area (Å²) in [5.41, 5.74) is 2.25. The molecule has 3 aromatic rings. The third-order valence-corrected chi connectivity index (χ3v) is 4.79. The number of nitrogens with one attached hydrogen (secondary N) is 2. The smallest absolute Gasteiger partial charge is 0.250 e. The van der Waals surface area contributed by atoms with Crippen molar-refractivity contribution < 1.29 is 19.1 Å². The molecule has 0 aliphatic rings. The number of thiazole rings is 1. The van der Waals surface area contributed by atoms with Gasteiger partial charge in [-0.15, -0.1) is 0 Å². The molecule has 0 aliphatic carbocycles. The Morgan fingerprint density at radius 1 is 1.14 bits per heavy atom. The van der Waals surface area contributed by atoms with E-state index in [1.807, 2.05) is 19.1 Å². The van der Waals surface area contributed by atoms with E-state index in [9.17, 15) is 9.59 Å². The molecule has 0 bridgehead atoms. The maximum Gasteiger partial charge on any atom is 0.250 e. The molecular formula is C21H21N3O4S. The predicted molar refractivity (Wildman–Crippen MR) is 116 cm³/mol. The Morgan fingerprint density at radius 2 is 1.97 bits per heavy atom. The van der Waals surface area contributed by atoms with E-state index in [1.165, 1.54) is 24.3 Å². The third-order valence-electron chi connectivity index (χ3n) is 3.85. The number of ether oxygens (including phenoxy) is 2. The monoisotopic (exact) mass is 411 g/mol. The molecule has 0 saturated carbocycles. The molecule has 0 saturated heterocycles. The molecule has 0 unspecified atom stereocenters. The van der Waals surface area contributed by atoms with Crippen molar-refractivity contribution in [2.45, 2.75) is 13.8 Å². The first-order valence-electron chi connectivity index (χ1n) is 8.96. The number of rotatable bonds is 7. The van der Waals surface area contributed by atoms with Gasteiger partial charge in [0.2, 0.25) is 11.8 Å². The van der Waals surface area contributed by atoms with Gasteiger partial charge >= 0.3 is 0 Å². The number of aromatic nitrogens is 1. The van der Waals surface area contributed by atoms with Gasteiger partial charge in [-0.1, -0.05) is 17.4 Å². The first-order valence-corrected chi connectivity index (χ1v) is 9.78. The predicted octanol–water partition coefficient (Wildman–Crippen LogP) is 4.31. The summed E-state index contributed by atoms with van der Waals surface area (Å²) in [5.74, 6) is 0.831. The fourth-order valence-corrected chi connectivity index (χ4v) is 3.55. The second-order valence-corrected chi connectivity index (χ2v) is 7.08. The second-order valence-electron chi connectivity index (χ2n) is 6.05. The maximum atomic E-state index is 12.3. The fraction of sp³-hybridized carbons (Fsp3) is 0.190. The van der Waals surface area contributed by atoms with Gasteiger partial charge in [0.05, 0.1) is 23.9 Å². The van der Waals surface area contributed by atoms with Gasteiger partial charge in [0.15, 0.2) is 16.6 Å². The van der Waals surface area contributed by atoms with Crippen LogP contribution in [0.4, 0.5) is 10.8 Å². The standard InChI is InChI=1S/C21H21N3O4S/c1-4-28-17-9-5-14(11-18(17)27-3)6-10-20(26)24-21-23-16-8-7-15(22-13(2)25)12-19(16)29-21/h5-12H,4H2,1-3H3,(H,22,25)(H,23,24,26)/b10-6+. The van der Waals surface area contributed by atoms with E-state index < -0.39 is 0 Å². The summed E-state index contributed by atoms with van der Waals surface area (Å²) < 4.78 is 11.7. The van der Waals surface area contributed by atoms with E-state index in [0.29, 0.717) is 28.9 Å². The third kappa shape index (κ3) is 5.32. The van der Waals surface area contributed by atoms with Crippen LogP contribution in [-0.2, 0) is 9.59 Å². The topological polar surface area (TPSA) is 89.5 Å². The molecule has 0 aliphatic heterocycles. The van der Waals surface area contributed by atoms with E-state index in [2.05, 4.69) is 15.6 Å². The van der Waals surface area contributed by atoms with Crippen LogP contribution < -0.4 is 20.1 Å². The van der Waals surface area contributed by atoms with Crippen molar-refractivity contribution >= 4 is 50.3 Å². The highest BCUT2D eigenvalue weighted by molar-refractivity contribution is 7.22. The molecule has 2 aromatic carbocycles. The minimum Gasteiger partial charge on any atom is -0.493 e. The molecule has 150 valence electrons. The van der Waals surface area contributed by atoms with Crippen molar-refractivity contribution in [2.75, 3.05) is 24.4 Å². The van der Waals surface area contributed by atoms with Crippen LogP contribution in [0.3, 0.4) is 0 Å². The highest BCUT2D eigenvalue weighted by Gasteiger charge is 2.08. The number of fused-ring (bicyclic) bond motifs is 1. The molecule has 2 N–H and O–H groups in total. The summed E-state index contributed by atoms with van der Waals surface area (Å²) >= 11 is 1.34. The highest BCUT2D eigenvalue weighted by Crippen LogP contribution is 2.29. The number of hydrogen-bond donors (Lipinski definition) is 2. The molecule has 1 aromatic heterocycles. The Hall–Kier alpha value is -3.39. The number of carbonyl (C=O) groups excluding carboxylic acids is 2. The fourth-order valence-electron chi connectivity index (χ4n) is 2.64. The zero-order valence-corrected chi connectivity index (χ0v) is 17.1. The lowest BCUT2D eigenvalue weighted by Crippen LogP contribution is -2.07. The van der Waals surface area contributed by atoms with Crippen LogP contribution in [0.5, 0.6) is 11.5 Å². The van der Waals surface area contributed by atoms with Crippen LogP contribution in [-0.4, -0.2) is 30.5 Å². The molecule has 2 amide bonds. The average molecular weight is 411 g/mol. The van der Waals surface area contributed by atoms with Gasteiger partial charge in [0, 0.05) is 18.7 Å². The van der Waals surface area contributed by atoms with Crippen LogP contribution in [0, 0.1) is 0 Å². The summed E-state index contributed by atoms with van der Waals surface area (Å²) in [4.78, 5) is 27.8. The second kappa shape index (κ2) is 9.20. The summed E-state index contributed by atoms with van der Waals surface area (Å²) in [6.45, 7) is 3.90. The van der Waals surface area contributed by atoms with Crippen LogP contribution >= 0.6 is 11.3 Å². The number of benzene rings is 2. The highest BCUT2D eigenvalue weighted by atomic mass is 32.1. The molecular weight excluding hydrogens is 390 g/mol. The van der Waals surface area contributed by atoms with Crippen molar-refractivity contribution in [2.24, 2.45) is 0 Å². The Kier molecular flexibility index (Phi) is 6.46. The van der Waals surface area contributed by atoms with E-state index in [1.54, 1.807) is 37.5 Å². The number of amides is 2. The Morgan fingerprint density at radius 3 is 2.69 bits per heavy atom. The summed E-state index contributed by atoms with van der Waals surface area (Å²) in [7, 11) is 1.57. The number of hydrogen-bond acceptors (Lipinski definition) is 6. The van der Waals surface area contributed by atoms with E-state index >= 15 is 0 Å². The lowest BCUT2D eigenvalue weighted by molar-refractivity contribution is -0.114. The van der Waals surface area contributed by atoms with Gasteiger partial charge in [0.25, 0.3) is 0 Å². The Balaban J connectivity index is 1.69. The summed E-state index contributed by atoms with van der Waals surface area (Å²) in [6.07, 6.45) is 3.12. The number of carbonyl (C=O) groups is 2. The van der Waals surface area contributed by atoms with Gasteiger partial charge in [-0.05, 0) is 48.9 Å². The Bertz CT molecular complexity index is 1070. The molecule has 8 heteroatoms. The number of methoxy groups -OCH3 is 1. The summed E-state index contributed by atoms with van der Waals surface area (Å²) in [6, 6.07) is 10.9. The first-order chi connectivity index (χ1) is 14.0. The van der Waals surface area contributed by atoms with Crippen molar-refractivity contribution in [1.82, 2.24) is 4.98 Å². The van der Waals surface area contributed by atoms with Gasteiger partial charge in [-0.2, -0.15) is 0 Å². The van der Waals surface area contributed by atoms with Crippen LogP contribution in [0.15, 0.2) is 42.5 Å². The minimum absolute atomic E-state index is 0.140. The quantitative estimate of drug-likeness (QED) is 0.566. The Labute approximate surface area is 172 Å². The van der Waals surface area contributed by atoms with Crippen molar-refractivity contribution in [3.05, 3.63) is 48.0 Å². The van der Waals surface area contributed by atoms with E-state index in [4.69, 9.17) is 9.47 Å². The van der Waals surface area contributed by atoms with E-state index in [0.717, 1.165) is 15.8 Å². The van der Waals surface area contributed by atoms with Crippen LogP contribution in [0.2, 0.25) is 0 Å². The molecule has 0 atom stereocenters. The first kappa shape index (κ1) is 20.3. The average Bonchev–Trinajstić information content (AvgIpc) is 3.08. The van der Waals surface area contributed by atoms with Crippen molar-refractivity contribution in [3.8, 4) is 11.5 Å². The zero-order chi connectivity index (χ0) is 20.8. The number of nitrogens with zero attached hydrogens (tertiary/aromatic N) is 1. The molecule has 0 fully saturated rings. The van der Waals surface area contributed by atoms with Gasteiger partial charge in [-0.25, -0.2) is 4.98 Å². The van der Waals surface area contributed by atoms with Gasteiger partial charge in [0.1, 0.15) is 0 Å². The van der Waals surface area contributed by atoms with Gasteiger partial charge in [-0.3, -0.25) is 14.9 Å². The minimum atomic E-state index is -0.293. The SMILES string of the molecule is CCOc1ccc(/C=C/C(=O)Nc2nc3ccc(NC(C)=O)cc3s2)cc1OC. The van der Waals surface area contributed by atoms with Crippen LogP contribution in [0.25, 0.3) is 16.3 Å². The number of anilines is 2. The van der Waals surface area contributed by atoms with Crippen molar-refractivity contribution in [1.29, 1.82) is 0 Å². The molecule has 29 heavy (non-hydrogen) atoms. The molecule has 1 heterocycles. The largest absolute Gasteiger partial charge is 0.493 e. The molecule has 0 radical (unpaired) electrons. The van der Waals surface area contributed by atoms with E-state index in [-0.39, 0.29) is 11.8 Å². The maximum absolute atomic E-state index is 12.3. The summed E-state index contributed by atoms with van der Waals surface area (Å²) in [5, 5.41) is 5.97. The molecule has 3 rings (SSSR count). The van der Waals surface area contributed by atoms with Gasteiger partial charge < -0.3 is 14.8 Å². The lowest BCUT2D eigenvalue weighted by atomic mass is 10.2. The van der Waals surface area contributed by atoms with Crippen molar-refractivity contribution in [3.63, 3.8) is 0 Å². The van der Waals surface area contributed by atoms with Crippen LogP contribution in [0.1, 0.15) is 19.4 Å². The molecule has 7 nitrogen and oxygen atoms in total. The zero-order valence-electron chi connectivity index (χ0n) is 16.3. The molecule has 0 spiro atoms. The normalized spacial score (nSPS) is 10.9. The lowest BCUT2D eigenvalue weighted by Gasteiger charge is -2.09.